The Hall–Kier alpha value is -3.11. The summed E-state index contributed by atoms with van der Waals surface area (Å²) in [5.74, 6) is -1.96. The van der Waals surface area contributed by atoms with Crippen LogP contribution in [0.3, 0.4) is 0 Å². The molecule has 0 amide bonds. The van der Waals surface area contributed by atoms with Gasteiger partial charge in [0.2, 0.25) is 10.0 Å². The average molecular weight is 460 g/mol. The smallest absolute Gasteiger partial charge is 0.243 e. The highest BCUT2D eigenvalue weighted by Gasteiger charge is 2.37. The van der Waals surface area contributed by atoms with Crippen molar-refractivity contribution in [3.05, 3.63) is 71.8 Å². The van der Waals surface area contributed by atoms with E-state index in [1.54, 1.807) is 19.2 Å². The second-order valence-corrected chi connectivity index (χ2v) is 9.78. The molecule has 4 aromatic rings. The fraction of sp³-hybridized carbons (Fsp3) is 0.227. The molecule has 0 saturated heterocycles. The van der Waals surface area contributed by atoms with E-state index in [2.05, 4.69) is 14.8 Å². The number of H-pyrrole nitrogens is 1. The van der Waals surface area contributed by atoms with E-state index in [1.165, 1.54) is 35.3 Å². The molecule has 1 fully saturated rings. The van der Waals surface area contributed by atoms with Crippen molar-refractivity contribution < 1.29 is 21.6 Å². The minimum absolute atomic E-state index is 0.0756. The predicted octanol–water partition coefficient (Wildman–Crippen LogP) is 4.21. The molecule has 2 aromatic heterocycles. The molecule has 5 rings (SSSR count). The summed E-state index contributed by atoms with van der Waals surface area (Å²) in [6, 6.07) is 7.49. The second-order valence-electron chi connectivity index (χ2n) is 8.07. The highest BCUT2D eigenvalue weighted by molar-refractivity contribution is 7.89. The Morgan fingerprint density at radius 3 is 2.47 bits per heavy atom. The van der Waals surface area contributed by atoms with Crippen molar-refractivity contribution in [3.8, 4) is 11.3 Å². The zero-order chi connectivity index (χ0) is 22.6. The van der Waals surface area contributed by atoms with E-state index in [-0.39, 0.29) is 22.4 Å². The Bertz CT molecular complexity index is 1420. The van der Waals surface area contributed by atoms with Gasteiger partial charge in [0.15, 0.2) is 0 Å². The summed E-state index contributed by atoms with van der Waals surface area (Å²) in [7, 11) is -2.09. The molecule has 2 heterocycles. The molecule has 0 bridgehead atoms. The number of hydrogen-bond acceptors (Lipinski definition) is 3. The van der Waals surface area contributed by atoms with Gasteiger partial charge in [-0.05, 0) is 60.2 Å². The van der Waals surface area contributed by atoms with Gasteiger partial charge >= 0.3 is 0 Å². The van der Waals surface area contributed by atoms with Crippen LogP contribution in [0.15, 0.2) is 53.7 Å². The number of fused-ring (bicyclic) bond motifs is 1. The number of benzene rings is 2. The first kappa shape index (κ1) is 20.8. The van der Waals surface area contributed by atoms with Gasteiger partial charge in [0, 0.05) is 30.7 Å². The number of aromatic nitrogens is 3. The lowest BCUT2D eigenvalue weighted by Gasteiger charge is -2.36. The Labute approximate surface area is 182 Å². The van der Waals surface area contributed by atoms with Crippen LogP contribution in [0.4, 0.5) is 13.2 Å². The van der Waals surface area contributed by atoms with E-state index in [0.717, 1.165) is 6.07 Å². The molecular weight excluding hydrogens is 441 g/mol. The van der Waals surface area contributed by atoms with Gasteiger partial charge in [0.05, 0.1) is 17.4 Å². The minimum atomic E-state index is -3.72. The first-order valence-electron chi connectivity index (χ1n) is 9.99. The number of nitrogens with one attached hydrogen (secondary N) is 2. The van der Waals surface area contributed by atoms with E-state index in [0.29, 0.717) is 35.0 Å². The first-order valence-corrected chi connectivity index (χ1v) is 11.5. The fourth-order valence-corrected chi connectivity index (χ4v) is 5.53. The molecular formula is C22H19F3N4O2S. The van der Waals surface area contributed by atoms with E-state index >= 15 is 0 Å². The molecule has 1 saturated carbocycles. The lowest BCUT2D eigenvalue weighted by atomic mass is 9.74. The highest BCUT2D eigenvalue weighted by Crippen LogP contribution is 2.46. The molecule has 0 radical (unpaired) electrons. The van der Waals surface area contributed by atoms with Crippen LogP contribution in [-0.4, -0.2) is 29.2 Å². The van der Waals surface area contributed by atoms with Gasteiger partial charge in [0.25, 0.3) is 0 Å². The van der Waals surface area contributed by atoms with Gasteiger partial charge < -0.3 is 4.98 Å². The van der Waals surface area contributed by atoms with Crippen LogP contribution >= 0.6 is 0 Å². The van der Waals surface area contributed by atoms with E-state index in [4.69, 9.17) is 0 Å². The van der Waals surface area contributed by atoms with Crippen LogP contribution in [-0.2, 0) is 17.1 Å². The molecule has 0 unspecified atom stereocenters. The number of sulfonamides is 1. The molecule has 1 aliphatic carbocycles. The summed E-state index contributed by atoms with van der Waals surface area (Å²) >= 11 is 0. The summed E-state index contributed by atoms with van der Waals surface area (Å²) in [5, 5.41) is 4.29. The van der Waals surface area contributed by atoms with Crippen LogP contribution in [0.25, 0.3) is 22.2 Å². The fourth-order valence-electron chi connectivity index (χ4n) is 4.28. The first-order chi connectivity index (χ1) is 15.2. The van der Waals surface area contributed by atoms with Gasteiger partial charge in [-0.25, -0.2) is 26.3 Å². The normalized spacial score (nSPS) is 18.8. The second kappa shape index (κ2) is 7.49. The zero-order valence-electron chi connectivity index (χ0n) is 16.9. The van der Waals surface area contributed by atoms with Crippen molar-refractivity contribution >= 4 is 20.9 Å². The maximum Gasteiger partial charge on any atom is 0.243 e. The van der Waals surface area contributed by atoms with E-state index in [1.807, 2.05) is 0 Å². The molecule has 6 nitrogen and oxygen atoms in total. The van der Waals surface area contributed by atoms with Crippen LogP contribution in [0.5, 0.6) is 0 Å². The Balaban J connectivity index is 1.48. The van der Waals surface area contributed by atoms with Gasteiger partial charge in [-0.15, -0.1) is 0 Å². The summed E-state index contributed by atoms with van der Waals surface area (Å²) in [4.78, 5) is 3.10. The quantitative estimate of drug-likeness (QED) is 0.468. The molecule has 2 N–H and O–H groups in total. The van der Waals surface area contributed by atoms with Crippen molar-refractivity contribution in [3.63, 3.8) is 0 Å². The van der Waals surface area contributed by atoms with E-state index < -0.39 is 27.5 Å². The molecule has 1 aliphatic rings. The monoisotopic (exact) mass is 460 g/mol. The van der Waals surface area contributed by atoms with Crippen molar-refractivity contribution in [1.29, 1.82) is 0 Å². The third-order valence-corrected chi connectivity index (χ3v) is 7.33. The minimum Gasteiger partial charge on any atom is -0.352 e. The van der Waals surface area contributed by atoms with Crippen molar-refractivity contribution in [1.82, 2.24) is 19.5 Å². The number of hydrogen-bond donors (Lipinski definition) is 2. The number of rotatable bonds is 5. The number of nitrogens with zero attached hydrogens (tertiary/aromatic N) is 2. The summed E-state index contributed by atoms with van der Waals surface area (Å²) < 4.78 is 71.1. The molecule has 2 aromatic carbocycles. The maximum absolute atomic E-state index is 14.5. The molecule has 32 heavy (non-hydrogen) atoms. The van der Waals surface area contributed by atoms with Crippen molar-refractivity contribution in [2.45, 2.75) is 29.7 Å². The van der Waals surface area contributed by atoms with Crippen molar-refractivity contribution in [2.24, 2.45) is 7.05 Å². The van der Waals surface area contributed by atoms with E-state index in [9.17, 15) is 21.6 Å². The number of aromatic amines is 1. The molecule has 0 aliphatic heterocycles. The van der Waals surface area contributed by atoms with Gasteiger partial charge in [0.1, 0.15) is 22.3 Å². The van der Waals surface area contributed by atoms with Crippen molar-refractivity contribution in [2.75, 3.05) is 0 Å². The van der Waals surface area contributed by atoms with Crippen LogP contribution in [0.1, 0.15) is 24.3 Å². The SMILES string of the molecule is Cn1cc(S(=O)(=O)N[C@H]2C[C@@H](c3c(-c4ccc(F)cc4)[nH]c4c(F)cc(F)cc43)C2)cn1. The van der Waals surface area contributed by atoms with Crippen LogP contribution < -0.4 is 4.72 Å². The molecule has 0 atom stereocenters. The summed E-state index contributed by atoms with van der Waals surface area (Å²) in [6.07, 6.45) is 3.60. The summed E-state index contributed by atoms with van der Waals surface area (Å²) in [5.41, 5.74) is 2.07. The molecule has 0 spiro atoms. The Kier molecular flexibility index (Phi) is 4.86. The topological polar surface area (TPSA) is 79.8 Å². The Morgan fingerprint density at radius 1 is 1.09 bits per heavy atom. The third kappa shape index (κ3) is 3.59. The summed E-state index contributed by atoms with van der Waals surface area (Å²) in [6.45, 7) is 0. The standard InChI is InChI=1S/C22H19F3N4O2S/c1-29-11-17(10-26-29)32(30,31)28-16-6-13(7-16)20-18-8-15(24)9-19(25)22(18)27-21(20)12-2-4-14(23)5-3-12/h2-5,8-11,13,16,27-28H,6-7H2,1H3/t13-,16+. The average Bonchev–Trinajstić information content (AvgIpc) is 3.30. The van der Waals surface area contributed by atoms with Crippen LogP contribution in [0, 0.1) is 17.5 Å². The lowest BCUT2D eigenvalue weighted by Crippen LogP contribution is -2.43. The third-order valence-electron chi connectivity index (χ3n) is 5.86. The largest absolute Gasteiger partial charge is 0.352 e. The number of halogens is 3. The highest BCUT2D eigenvalue weighted by atomic mass is 32.2. The molecule has 10 heteroatoms. The lowest BCUT2D eigenvalue weighted by molar-refractivity contribution is 0.328. The van der Waals surface area contributed by atoms with Crippen LogP contribution in [0.2, 0.25) is 0 Å². The predicted molar refractivity (Wildman–Crippen MR) is 113 cm³/mol. The zero-order valence-corrected chi connectivity index (χ0v) is 17.8. The number of aryl methyl sites for hydroxylation is 1. The van der Waals surface area contributed by atoms with Gasteiger partial charge in [-0.3, -0.25) is 4.68 Å². The van der Waals surface area contributed by atoms with Gasteiger partial charge in [-0.2, -0.15) is 5.10 Å². The molecule has 166 valence electrons. The maximum atomic E-state index is 14.5. The Morgan fingerprint density at radius 2 is 1.81 bits per heavy atom. The van der Waals surface area contributed by atoms with Gasteiger partial charge in [-0.1, -0.05) is 0 Å².